The first-order valence-corrected chi connectivity index (χ1v) is 11.0. The molecule has 2 heterocycles. The first-order valence-electron chi connectivity index (χ1n) is 10.2. The molecule has 0 spiro atoms. The van der Waals surface area contributed by atoms with Gasteiger partial charge in [-0.2, -0.15) is 0 Å². The number of carboxylic acids is 1. The standard InChI is InChI=1S/C22H23Cl2N2.C2H4O2/c23-19-12-11-18(20(24)14-19)15-25-16-21(17-8-4-3-5-9-17)26-13-7-2-1-6-10-22(25)26;1-2(3)4/h3-5,8-9,11-12,14,16H,1-2,6-7,10,13,15H2;1H3,(H,3,4)/q+1;/p-1. The number of carbonyl (C=O) groups is 1. The van der Waals surface area contributed by atoms with Gasteiger partial charge < -0.3 is 9.90 Å². The summed E-state index contributed by atoms with van der Waals surface area (Å²) in [7, 11) is 0. The lowest BCUT2D eigenvalue weighted by Gasteiger charge is -2.11. The molecule has 0 amide bonds. The minimum Gasteiger partial charge on any atom is -0.550 e. The number of imidazole rings is 1. The van der Waals surface area contributed by atoms with Gasteiger partial charge in [0, 0.05) is 33.6 Å². The van der Waals surface area contributed by atoms with Crippen molar-refractivity contribution in [2.45, 2.75) is 52.1 Å². The Morgan fingerprint density at radius 3 is 2.47 bits per heavy atom. The van der Waals surface area contributed by atoms with Crippen LogP contribution in [0.1, 0.15) is 44.0 Å². The fraction of sp³-hybridized carbons (Fsp3) is 0.333. The minimum absolute atomic E-state index is 0.681. The van der Waals surface area contributed by atoms with E-state index in [-0.39, 0.29) is 0 Å². The number of hydrogen-bond donors (Lipinski definition) is 0. The van der Waals surface area contributed by atoms with Crippen LogP contribution in [-0.4, -0.2) is 10.5 Å². The van der Waals surface area contributed by atoms with E-state index in [4.69, 9.17) is 33.1 Å². The molecule has 0 fully saturated rings. The first kappa shape index (κ1) is 22.4. The molecule has 1 aliphatic heterocycles. The van der Waals surface area contributed by atoms with Crippen molar-refractivity contribution in [1.82, 2.24) is 4.57 Å². The Labute approximate surface area is 187 Å². The third kappa shape index (κ3) is 5.87. The van der Waals surface area contributed by atoms with Gasteiger partial charge in [-0.3, -0.25) is 0 Å². The maximum atomic E-state index is 8.89. The molecule has 0 saturated carbocycles. The number of carboxylic acid groups (broad SMARTS) is 1. The summed E-state index contributed by atoms with van der Waals surface area (Å²) < 4.78 is 4.89. The predicted molar refractivity (Wildman–Crippen MR) is 118 cm³/mol. The molecule has 4 rings (SSSR count). The number of aliphatic carboxylic acids is 1. The molecule has 0 radical (unpaired) electrons. The second kappa shape index (κ2) is 10.6. The monoisotopic (exact) mass is 444 g/mol. The zero-order valence-electron chi connectivity index (χ0n) is 17.1. The molecule has 3 aromatic rings. The van der Waals surface area contributed by atoms with Crippen molar-refractivity contribution >= 4 is 29.2 Å². The summed E-state index contributed by atoms with van der Waals surface area (Å²) in [6, 6.07) is 16.5. The van der Waals surface area contributed by atoms with Crippen LogP contribution in [0, 0.1) is 0 Å². The van der Waals surface area contributed by atoms with Crippen LogP contribution >= 0.6 is 23.2 Å². The van der Waals surface area contributed by atoms with Crippen molar-refractivity contribution in [1.29, 1.82) is 0 Å². The highest BCUT2D eigenvalue weighted by molar-refractivity contribution is 6.35. The molecule has 0 bridgehead atoms. The Morgan fingerprint density at radius 1 is 1.07 bits per heavy atom. The van der Waals surface area contributed by atoms with Gasteiger partial charge in [0.15, 0.2) is 5.69 Å². The summed E-state index contributed by atoms with van der Waals surface area (Å²) in [5, 5.41) is 10.3. The average Bonchev–Trinajstić information content (AvgIpc) is 3.00. The highest BCUT2D eigenvalue weighted by Gasteiger charge is 2.25. The number of fused-ring (bicyclic) bond motifs is 1. The van der Waals surface area contributed by atoms with Crippen LogP contribution in [0.15, 0.2) is 54.7 Å². The van der Waals surface area contributed by atoms with E-state index in [0.29, 0.717) is 5.02 Å². The van der Waals surface area contributed by atoms with Crippen LogP contribution in [0.2, 0.25) is 10.0 Å². The molecule has 2 aromatic carbocycles. The molecule has 1 aromatic heterocycles. The predicted octanol–water partition coefficient (Wildman–Crippen LogP) is 4.67. The van der Waals surface area contributed by atoms with Crippen LogP contribution in [-0.2, 0) is 24.3 Å². The number of benzene rings is 2. The molecule has 0 atom stereocenters. The fourth-order valence-corrected chi connectivity index (χ4v) is 4.30. The van der Waals surface area contributed by atoms with E-state index in [1.54, 1.807) is 0 Å². The summed E-state index contributed by atoms with van der Waals surface area (Å²) >= 11 is 12.5. The van der Waals surface area contributed by atoms with Crippen molar-refractivity contribution in [3.8, 4) is 11.3 Å². The number of carbonyl (C=O) groups excluding carboxylic acids is 1. The molecular weight excluding hydrogens is 419 g/mol. The van der Waals surface area contributed by atoms with Crippen LogP contribution < -0.4 is 9.67 Å². The Balaban J connectivity index is 0.000000589. The number of nitrogens with zero attached hydrogens (tertiary/aromatic N) is 2. The Morgan fingerprint density at radius 2 is 1.77 bits per heavy atom. The van der Waals surface area contributed by atoms with Crippen LogP contribution in [0.3, 0.4) is 0 Å². The molecule has 0 aliphatic carbocycles. The summed E-state index contributed by atoms with van der Waals surface area (Å²) in [5.74, 6) is 0.314. The van der Waals surface area contributed by atoms with E-state index >= 15 is 0 Å². The summed E-state index contributed by atoms with van der Waals surface area (Å²) in [6.07, 6.45) is 8.51. The molecule has 30 heavy (non-hydrogen) atoms. The molecule has 4 nitrogen and oxygen atoms in total. The average molecular weight is 445 g/mol. The lowest BCUT2D eigenvalue weighted by molar-refractivity contribution is -0.695. The summed E-state index contributed by atoms with van der Waals surface area (Å²) in [6.45, 7) is 2.83. The van der Waals surface area contributed by atoms with E-state index < -0.39 is 5.97 Å². The van der Waals surface area contributed by atoms with Gasteiger partial charge in [-0.05, 0) is 38.3 Å². The molecule has 158 valence electrons. The van der Waals surface area contributed by atoms with Gasteiger partial charge in [0.1, 0.15) is 12.7 Å². The van der Waals surface area contributed by atoms with Crippen LogP contribution in [0.5, 0.6) is 0 Å². The van der Waals surface area contributed by atoms with E-state index in [9.17, 15) is 0 Å². The largest absolute Gasteiger partial charge is 0.550 e. The Hall–Kier alpha value is -2.30. The molecule has 6 heteroatoms. The van der Waals surface area contributed by atoms with Crippen molar-refractivity contribution in [2.24, 2.45) is 0 Å². The first-order chi connectivity index (χ1) is 14.5. The molecule has 0 N–H and O–H groups in total. The maximum Gasteiger partial charge on any atom is 0.257 e. The Bertz CT molecular complexity index is 996. The van der Waals surface area contributed by atoms with Gasteiger partial charge >= 0.3 is 0 Å². The molecule has 1 aliphatic rings. The number of aromatic nitrogens is 2. The van der Waals surface area contributed by atoms with Gasteiger partial charge in [0.25, 0.3) is 5.82 Å². The zero-order chi connectivity index (χ0) is 21.5. The lowest BCUT2D eigenvalue weighted by Crippen LogP contribution is -2.38. The van der Waals surface area contributed by atoms with Crippen LogP contribution in [0.4, 0.5) is 0 Å². The van der Waals surface area contributed by atoms with Gasteiger partial charge in [-0.25, -0.2) is 9.13 Å². The number of rotatable bonds is 3. The van der Waals surface area contributed by atoms with Gasteiger partial charge in [-0.15, -0.1) is 0 Å². The SMILES string of the molecule is CC(=O)[O-].Clc1ccc(C[n+]2cc(-c3ccccc3)n3c2CCCCCC3)c(Cl)c1. The molecule has 0 saturated heterocycles. The van der Waals surface area contributed by atoms with Crippen molar-refractivity contribution in [3.05, 3.63) is 76.2 Å². The summed E-state index contributed by atoms with van der Waals surface area (Å²) in [4.78, 5) is 8.89. The number of hydrogen-bond acceptors (Lipinski definition) is 2. The minimum atomic E-state index is -1.08. The molecular formula is C24H26Cl2N2O2. The van der Waals surface area contributed by atoms with Crippen molar-refractivity contribution in [2.75, 3.05) is 0 Å². The van der Waals surface area contributed by atoms with Gasteiger partial charge in [-0.1, -0.05) is 66.0 Å². The van der Waals surface area contributed by atoms with E-state index in [0.717, 1.165) is 37.0 Å². The van der Waals surface area contributed by atoms with Crippen molar-refractivity contribution < 1.29 is 14.5 Å². The van der Waals surface area contributed by atoms with Gasteiger partial charge in [0.2, 0.25) is 0 Å². The van der Waals surface area contributed by atoms with E-state index in [1.807, 2.05) is 18.2 Å². The zero-order valence-corrected chi connectivity index (χ0v) is 18.6. The molecule has 0 unspecified atom stereocenters. The number of halogens is 2. The summed E-state index contributed by atoms with van der Waals surface area (Å²) in [5.41, 5.74) is 3.68. The third-order valence-corrected chi connectivity index (χ3v) is 5.76. The fourth-order valence-electron chi connectivity index (χ4n) is 3.83. The van der Waals surface area contributed by atoms with E-state index in [1.165, 1.54) is 42.8 Å². The highest BCUT2D eigenvalue weighted by atomic mass is 35.5. The lowest BCUT2D eigenvalue weighted by atomic mass is 10.1. The second-order valence-corrected chi connectivity index (χ2v) is 8.31. The normalized spacial score (nSPS) is 13.4. The maximum absolute atomic E-state index is 8.89. The smallest absolute Gasteiger partial charge is 0.257 e. The van der Waals surface area contributed by atoms with Crippen molar-refractivity contribution in [3.63, 3.8) is 0 Å². The third-order valence-electron chi connectivity index (χ3n) is 5.17. The Kier molecular flexibility index (Phi) is 7.94. The quantitative estimate of drug-likeness (QED) is 0.550. The van der Waals surface area contributed by atoms with E-state index in [2.05, 4.69) is 45.7 Å². The second-order valence-electron chi connectivity index (χ2n) is 7.47. The highest BCUT2D eigenvalue weighted by Crippen LogP contribution is 2.25. The van der Waals surface area contributed by atoms with Gasteiger partial charge in [0.05, 0.1) is 6.54 Å². The van der Waals surface area contributed by atoms with Crippen LogP contribution in [0.25, 0.3) is 11.3 Å². The topological polar surface area (TPSA) is 48.9 Å².